The largest absolute Gasteiger partial charge is 0.330 e. The van der Waals surface area contributed by atoms with E-state index in [1.54, 1.807) is 0 Å². The average molecular weight is 249 g/mol. The lowest BCUT2D eigenvalue weighted by Gasteiger charge is -2.36. The molecule has 2 N–H and O–H groups in total. The van der Waals surface area contributed by atoms with Gasteiger partial charge in [-0.25, -0.2) is 4.98 Å². The molecule has 0 radical (unpaired) electrons. The van der Waals surface area contributed by atoms with Crippen LogP contribution in [0.1, 0.15) is 70.7 Å². The summed E-state index contributed by atoms with van der Waals surface area (Å²) < 4.78 is 2.34. The zero-order valence-electron chi connectivity index (χ0n) is 12.0. The zero-order valence-corrected chi connectivity index (χ0v) is 12.0. The molecule has 1 aromatic rings. The standard InChI is InChI=1S/C15H27N3/c1-4-5-12-6-7-13(16)14(10-12)18-9-8-17-15(18)11(2)3/h8-9,11-14H,4-7,10,16H2,1-3H3. The second-order valence-corrected chi connectivity index (χ2v) is 6.05. The first-order valence-electron chi connectivity index (χ1n) is 7.41. The number of nitrogens with two attached hydrogens (primary N) is 1. The molecule has 0 aliphatic heterocycles. The van der Waals surface area contributed by atoms with Crippen molar-refractivity contribution in [2.75, 3.05) is 0 Å². The van der Waals surface area contributed by atoms with Crippen LogP contribution in [-0.2, 0) is 0 Å². The molecule has 1 aliphatic rings. The van der Waals surface area contributed by atoms with Crippen molar-refractivity contribution < 1.29 is 0 Å². The summed E-state index contributed by atoms with van der Waals surface area (Å²) in [6.07, 6.45) is 10.4. The molecule has 102 valence electrons. The fourth-order valence-corrected chi connectivity index (χ4v) is 3.30. The van der Waals surface area contributed by atoms with Gasteiger partial charge in [0.1, 0.15) is 5.82 Å². The lowest BCUT2D eigenvalue weighted by Crippen LogP contribution is -2.38. The Bertz CT molecular complexity index is 370. The molecule has 3 atom stereocenters. The van der Waals surface area contributed by atoms with E-state index in [1.807, 2.05) is 6.20 Å². The van der Waals surface area contributed by atoms with Gasteiger partial charge < -0.3 is 10.3 Å². The summed E-state index contributed by atoms with van der Waals surface area (Å²) in [6, 6.07) is 0.750. The van der Waals surface area contributed by atoms with Crippen LogP contribution in [0, 0.1) is 5.92 Å². The van der Waals surface area contributed by atoms with Crippen molar-refractivity contribution in [2.24, 2.45) is 11.7 Å². The van der Waals surface area contributed by atoms with Crippen LogP contribution < -0.4 is 5.73 Å². The quantitative estimate of drug-likeness (QED) is 0.888. The van der Waals surface area contributed by atoms with Crippen molar-refractivity contribution in [3.63, 3.8) is 0 Å². The third kappa shape index (κ3) is 2.77. The van der Waals surface area contributed by atoms with Gasteiger partial charge in [0, 0.05) is 24.4 Å². The Morgan fingerprint density at radius 3 is 2.89 bits per heavy atom. The number of hydrogen-bond donors (Lipinski definition) is 1. The van der Waals surface area contributed by atoms with Gasteiger partial charge in [-0.15, -0.1) is 0 Å². The Kier molecular flexibility index (Phi) is 4.44. The molecule has 1 fully saturated rings. The Labute approximate surface area is 111 Å². The van der Waals surface area contributed by atoms with E-state index in [4.69, 9.17) is 5.73 Å². The zero-order chi connectivity index (χ0) is 13.1. The summed E-state index contributed by atoms with van der Waals surface area (Å²) in [5.41, 5.74) is 6.35. The molecule has 2 rings (SSSR count). The van der Waals surface area contributed by atoms with Crippen molar-refractivity contribution in [3.05, 3.63) is 18.2 Å². The number of imidazole rings is 1. The van der Waals surface area contributed by atoms with Gasteiger partial charge in [0.25, 0.3) is 0 Å². The molecule has 3 nitrogen and oxygen atoms in total. The minimum atomic E-state index is 0.296. The van der Waals surface area contributed by atoms with E-state index in [0.717, 1.165) is 12.3 Å². The van der Waals surface area contributed by atoms with Crippen LogP contribution in [0.4, 0.5) is 0 Å². The van der Waals surface area contributed by atoms with Crippen LogP contribution in [0.5, 0.6) is 0 Å². The summed E-state index contributed by atoms with van der Waals surface area (Å²) in [5, 5.41) is 0. The van der Waals surface area contributed by atoms with Gasteiger partial charge in [-0.3, -0.25) is 0 Å². The topological polar surface area (TPSA) is 43.8 Å². The van der Waals surface area contributed by atoms with Crippen LogP contribution in [0.3, 0.4) is 0 Å². The Morgan fingerprint density at radius 2 is 2.22 bits per heavy atom. The summed E-state index contributed by atoms with van der Waals surface area (Å²) >= 11 is 0. The molecule has 1 aliphatic carbocycles. The minimum absolute atomic E-state index is 0.296. The van der Waals surface area contributed by atoms with Crippen molar-refractivity contribution in [3.8, 4) is 0 Å². The van der Waals surface area contributed by atoms with Crippen molar-refractivity contribution in [1.82, 2.24) is 9.55 Å². The SMILES string of the molecule is CCCC1CCC(N)C(n2ccnc2C(C)C)C1. The first-order chi connectivity index (χ1) is 8.63. The average Bonchev–Trinajstić information content (AvgIpc) is 2.81. The second-order valence-electron chi connectivity index (χ2n) is 6.05. The van der Waals surface area contributed by atoms with Crippen LogP contribution in [0.15, 0.2) is 12.4 Å². The molecule has 0 bridgehead atoms. The van der Waals surface area contributed by atoms with E-state index in [0.29, 0.717) is 18.0 Å². The predicted octanol–water partition coefficient (Wildman–Crippen LogP) is 3.48. The van der Waals surface area contributed by atoms with E-state index >= 15 is 0 Å². The van der Waals surface area contributed by atoms with Gasteiger partial charge in [0.15, 0.2) is 0 Å². The van der Waals surface area contributed by atoms with E-state index < -0.39 is 0 Å². The molecule has 1 heterocycles. The van der Waals surface area contributed by atoms with E-state index in [2.05, 4.69) is 36.5 Å². The van der Waals surface area contributed by atoms with Gasteiger partial charge in [-0.05, 0) is 25.2 Å². The van der Waals surface area contributed by atoms with Crippen LogP contribution in [0.25, 0.3) is 0 Å². The fourth-order valence-electron chi connectivity index (χ4n) is 3.30. The van der Waals surface area contributed by atoms with Gasteiger partial charge in [-0.2, -0.15) is 0 Å². The fraction of sp³-hybridized carbons (Fsp3) is 0.800. The molecule has 1 aromatic heterocycles. The van der Waals surface area contributed by atoms with Gasteiger partial charge in [0.2, 0.25) is 0 Å². The maximum atomic E-state index is 6.35. The highest BCUT2D eigenvalue weighted by Crippen LogP contribution is 2.35. The third-order valence-corrected chi connectivity index (χ3v) is 4.25. The number of aromatic nitrogens is 2. The lowest BCUT2D eigenvalue weighted by atomic mass is 9.80. The molecule has 0 amide bonds. The molecular weight excluding hydrogens is 222 g/mol. The van der Waals surface area contributed by atoms with E-state index in [9.17, 15) is 0 Å². The predicted molar refractivity (Wildman–Crippen MR) is 75.6 cm³/mol. The van der Waals surface area contributed by atoms with Crippen LogP contribution in [-0.4, -0.2) is 15.6 Å². The molecule has 0 aromatic carbocycles. The lowest BCUT2D eigenvalue weighted by molar-refractivity contribution is 0.220. The highest BCUT2D eigenvalue weighted by molar-refractivity contribution is 5.03. The van der Waals surface area contributed by atoms with Gasteiger partial charge in [0.05, 0.1) is 6.04 Å². The van der Waals surface area contributed by atoms with E-state index in [1.165, 1.54) is 31.5 Å². The normalized spacial score (nSPS) is 28.8. The smallest absolute Gasteiger partial charge is 0.111 e. The van der Waals surface area contributed by atoms with Gasteiger partial charge >= 0.3 is 0 Å². The maximum Gasteiger partial charge on any atom is 0.111 e. The Morgan fingerprint density at radius 1 is 1.44 bits per heavy atom. The summed E-state index contributed by atoms with van der Waals surface area (Å²) in [5.74, 6) is 2.51. The summed E-state index contributed by atoms with van der Waals surface area (Å²) in [4.78, 5) is 4.50. The Hall–Kier alpha value is -0.830. The van der Waals surface area contributed by atoms with Crippen LogP contribution >= 0.6 is 0 Å². The molecule has 3 unspecified atom stereocenters. The highest BCUT2D eigenvalue weighted by atomic mass is 15.1. The monoisotopic (exact) mass is 249 g/mol. The van der Waals surface area contributed by atoms with Crippen molar-refractivity contribution >= 4 is 0 Å². The summed E-state index contributed by atoms with van der Waals surface area (Å²) in [6.45, 7) is 6.69. The first kappa shape index (κ1) is 13.6. The number of hydrogen-bond acceptors (Lipinski definition) is 2. The van der Waals surface area contributed by atoms with Crippen molar-refractivity contribution in [2.45, 2.75) is 70.9 Å². The summed E-state index contributed by atoms with van der Waals surface area (Å²) in [7, 11) is 0. The minimum Gasteiger partial charge on any atom is -0.330 e. The molecule has 3 heteroatoms. The highest BCUT2D eigenvalue weighted by Gasteiger charge is 2.30. The molecular formula is C15H27N3. The molecule has 0 spiro atoms. The molecule has 1 saturated carbocycles. The molecule has 0 saturated heterocycles. The third-order valence-electron chi connectivity index (χ3n) is 4.25. The van der Waals surface area contributed by atoms with Crippen LogP contribution in [0.2, 0.25) is 0 Å². The van der Waals surface area contributed by atoms with Gasteiger partial charge in [-0.1, -0.05) is 33.6 Å². The number of nitrogens with zero attached hydrogens (tertiary/aromatic N) is 2. The first-order valence-corrected chi connectivity index (χ1v) is 7.41. The second kappa shape index (κ2) is 5.87. The maximum absolute atomic E-state index is 6.35. The van der Waals surface area contributed by atoms with E-state index in [-0.39, 0.29) is 0 Å². The Balaban J connectivity index is 2.16. The number of rotatable bonds is 4. The van der Waals surface area contributed by atoms with Crippen molar-refractivity contribution in [1.29, 1.82) is 0 Å². The molecule has 18 heavy (non-hydrogen) atoms.